The highest BCUT2D eigenvalue weighted by molar-refractivity contribution is 6.34. The zero-order chi connectivity index (χ0) is 12.4. The first kappa shape index (κ1) is 12.3. The number of aryl methyl sites for hydroxylation is 1. The highest BCUT2D eigenvalue weighted by Gasteiger charge is 2.15. The number of rotatable bonds is 3. The summed E-state index contributed by atoms with van der Waals surface area (Å²) in [6.07, 6.45) is 2.66. The molecule has 0 saturated carbocycles. The van der Waals surface area contributed by atoms with Crippen LogP contribution in [0, 0.1) is 0 Å². The molecule has 0 aliphatic rings. The lowest BCUT2D eigenvalue weighted by atomic mass is 10.1. The summed E-state index contributed by atoms with van der Waals surface area (Å²) in [4.78, 5) is 4.01. The van der Waals surface area contributed by atoms with Gasteiger partial charge in [-0.2, -0.15) is 0 Å². The molecule has 2 rings (SSSR count). The van der Waals surface area contributed by atoms with Gasteiger partial charge in [-0.1, -0.05) is 28.4 Å². The molecule has 0 amide bonds. The second kappa shape index (κ2) is 5.00. The van der Waals surface area contributed by atoms with Crippen LogP contribution < -0.4 is 0 Å². The van der Waals surface area contributed by atoms with E-state index in [9.17, 15) is 5.11 Å². The third kappa shape index (κ3) is 2.94. The molecule has 0 saturated heterocycles. The van der Waals surface area contributed by atoms with Crippen molar-refractivity contribution in [3.8, 4) is 0 Å². The first-order chi connectivity index (χ1) is 8.06. The van der Waals surface area contributed by atoms with Gasteiger partial charge in [-0.05, 0) is 6.07 Å². The molecule has 5 nitrogen and oxygen atoms in total. The minimum Gasteiger partial charge on any atom is -0.386 e. The molecule has 0 fully saturated rings. The zero-order valence-electron chi connectivity index (χ0n) is 9.01. The predicted octanol–water partition coefficient (Wildman–Crippen LogP) is 1.79. The molecular formula is C10H10Cl2N4O. The summed E-state index contributed by atoms with van der Waals surface area (Å²) in [5, 5.41) is 18.4. The second-order valence-electron chi connectivity index (χ2n) is 3.62. The minimum atomic E-state index is -0.823. The van der Waals surface area contributed by atoms with Crippen molar-refractivity contribution >= 4 is 23.2 Å². The Morgan fingerprint density at radius 1 is 1.47 bits per heavy atom. The Balaban J connectivity index is 2.17. The van der Waals surface area contributed by atoms with Gasteiger partial charge in [-0.3, -0.25) is 9.67 Å². The summed E-state index contributed by atoms with van der Waals surface area (Å²) in [7, 11) is 1.76. The third-order valence-electron chi connectivity index (χ3n) is 2.20. The van der Waals surface area contributed by atoms with Gasteiger partial charge in [-0.15, -0.1) is 5.10 Å². The maximum absolute atomic E-state index is 9.99. The summed E-state index contributed by atoms with van der Waals surface area (Å²) < 4.78 is 1.57. The molecule has 1 N–H and O–H groups in total. The summed E-state index contributed by atoms with van der Waals surface area (Å²) >= 11 is 11.7. The molecule has 1 atom stereocenters. The SMILES string of the molecule is Cn1cc(CC(O)c2ncc(Cl)cc2Cl)nn1. The number of nitrogens with zero attached hydrogens (tertiary/aromatic N) is 4. The van der Waals surface area contributed by atoms with E-state index >= 15 is 0 Å². The van der Waals surface area contributed by atoms with Gasteiger partial charge in [0, 0.05) is 25.9 Å². The fourth-order valence-electron chi connectivity index (χ4n) is 1.45. The van der Waals surface area contributed by atoms with Crippen LogP contribution >= 0.6 is 23.2 Å². The third-order valence-corrected chi connectivity index (χ3v) is 2.71. The molecule has 0 aliphatic heterocycles. The highest BCUT2D eigenvalue weighted by atomic mass is 35.5. The van der Waals surface area contributed by atoms with E-state index in [1.807, 2.05) is 0 Å². The highest BCUT2D eigenvalue weighted by Crippen LogP contribution is 2.25. The number of pyridine rings is 1. The maximum atomic E-state index is 9.99. The zero-order valence-corrected chi connectivity index (χ0v) is 10.5. The average molecular weight is 273 g/mol. The molecule has 7 heteroatoms. The Labute approximate surface area is 108 Å². The molecule has 2 aromatic heterocycles. The van der Waals surface area contributed by atoms with Gasteiger partial charge in [0.1, 0.15) is 6.10 Å². The number of hydrogen-bond acceptors (Lipinski definition) is 4. The van der Waals surface area contributed by atoms with Gasteiger partial charge in [0.25, 0.3) is 0 Å². The number of aliphatic hydroxyl groups is 1. The van der Waals surface area contributed by atoms with Gasteiger partial charge < -0.3 is 5.11 Å². The second-order valence-corrected chi connectivity index (χ2v) is 4.47. The fourth-order valence-corrected chi connectivity index (χ4v) is 1.96. The van der Waals surface area contributed by atoms with Gasteiger partial charge in [0.15, 0.2) is 0 Å². The molecule has 0 aliphatic carbocycles. The number of hydrogen-bond donors (Lipinski definition) is 1. The van der Waals surface area contributed by atoms with Crippen molar-refractivity contribution in [2.45, 2.75) is 12.5 Å². The Kier molecular flexibility index (Phi) is 3.61. The lowest BCUT2D eigenvalue weighted by molar-refractivity contribution is 0.172. The summed E-state index contributed by atoms with van der Waals surface area (Å²) in [6.45, 7) is 0. The van der Waals surface area contributed by atoms with Gasteiger partial charge in [-0.25, -0.2) is 0 Å². The monoisotopic (exact) mass is 272 g/mol. The van der Waals surface area contributed by atoms with Gasteiger partial charge in [0.05, 0.1) is 21.4 Å². The van der Waals surface area contributed by atoms with Crippen molar-refractivity contribution in [2.24, 2.45) is 7.05 Å². The Hall–Kier alpha value is -1.17. The molecule has 0 aromatic carbocycles. The minimum absolute atomic E-state index is 0.308. The molecule has 0 bridgehead atoms. The van der Waals surface area contributed by atoms with Crippen LogP contribution in [-0.2, 0) is 13.5 Å². The maximum Gasteiger partial charge on any atom is 0.103 e. The quantitative estimate of drug-likeness (QED) is 0.926. The van der Waals surface area contributed by atoms with E-state index in [1.165, 1.54) is 6.20 Å². The summed E-state index contributed by atoms with van der Waals surface area (Å²) in [5.74, 6) is 0. The molecular weight excluding hydrogens is 263 g/mol. The van der Waals surface area contributed by atoms with Crippen LogP contribution in [0.15, 0.2) is 18.5 Å². The molecule has 2 aromatic rings. The first-order valence-corrected chi connectivity index (χ1v) is 5.66. The largest absolute Gasteiger partial charge is 0.386 e. The van der Waals surface area contributed by atoms with Crippen LogP contribution in [0.25, 0.3) is 0 Å². The van der Waals surface area contributed by atoms with Gasteiger partial charge in [0.2, 0.25) is 0 Å². The molecule has 2 heterocycles. The van der Waals surface area contributed by atoms with Crippen LogP contribution in [0.5, 0.6) is 0 Å². The fraction of sp³-hybridized carbons (Fsp3) is 0.300. The number of aliphatic hydroxyl groups excluding tert-OH is 1. The van der Waals surface area contributed by atoms with Crippen molar-refractivity contribution in [1.29, 1.82) is 0 Å². The lowest BCUT2D eigenvalue weighted by Gasteiger charge is -2.09. The standard InChI is InChI=1S/C10H10Cl2N4O/c1-16-5-7(14-15-16)3-9(17)10-8(12)2-6(11)4-13-10/h2,4-5,9,17H,3H2,1H3. The predicted molar refractivity (Wildman–Crippen MR) is 63.9 cm³/mol. The van der Waals surface area contributed by atoms with E-state index in [1.54, 1.807) is 24.0 Å². The van der Waals surface area contributed by atoms with Crippen LogP contribution in [0.4, 0.5) is 0 Å². The summed E-state index contributed by atoms with van der Waals surface area (Å²) in [6, 6.07) is 1.55. The Bertz CT molecular complexity index is 529. The summed E-state index contributed by atoms with van der Waals surface area (Å²) in [5.41, 5.74) is 1.06. The van der Waals surface area contributed by atoms with Crippen molar-refractivity contribution in [3.05, 3.63) is 39.9 Å². The van der Waals surface area contributed by atoms with Crippen molar-refractivity contribution in [3.63, 3.8) is 0 Å². The van der Waals surface area contributed by atoms with E-state index in [2.05, 4.69) is 15.3 Å². The van der Waals surface area contributed by atoms with Crippen LogP contribution in [0.3, 0.4) is 0 Å². The van der Waals surface area contributed by atoms with Crippen LogP contribution in [-0.4, -0.2) is 25.1 Å². The van der Waals surface area contributed by atoms with Crippen LogP contribution in [0.2, 0.25) is 10.0 Å². The smallest absolute Gasteiger partial charge is 0.103 e. The molecule has 90 valence electrons. The molecule has 17 heavy (non-hydrogen) atoms. The van der Waals surface area contributed by atoms with Gasteiger partial charge >= 0.3 is 0 Å². The van der Waals surface area contributed by atoms with E-state index < -0.39 is 6.10 Å². The van der Waals surface area contributed by atoms with Crippen LogP contribution in [0.1, 0.15) is 17.5 Å². The normalized spacial score (nSPS) is 12.7. The van der Waals surface area contributed by atoms with E-state index in [0.29, 0.717) is 27.9 Å². The van der Waals surface area contributed by atoms with E-state index in [4.69, 9.17) is 23.2 Å². The Morgan fingerprint density at radius 2 is 2.24 bits per heavy atom. The van der Waals surface area contributed by atoms with E-state index in [0.717, 1.165) is 0 Å². The van der Waals surface area contributed by atoms with Crippen molar-refractivity contribution < 1.29 is 5.11 Å². The molecule has 0 spiro atoms. The molecule has 0 radical (unpaired) electrons. The lowest BCUT2D eigenvalue weighted by Crippen LogP contribution is -2.05. The van der Waals surface area contributed by atoms with Crippen molar-refractivity contribution in [2.75, 3.05) is 0 Å². The van der Waals surface area contributed by atoms with E-state index in [-0.39, 0.29) is 0 Å². The topological polar surface area (TPSA) is 63.8 Å². The first-order valence-electron chi connectivity index (χ1n) is 4.90. The Morgan fingerprint density at radius 3 is 2.82 bits per heavy atom. The number of halogens is 2. The van der Waals surface area contributed by atoms with Crippen molar-refractivity contribution in [1.82, 2.24) is 20.0 Å². The average Bonchev–Trinajstić information content (AvgIpc) is 2.63. The number of aromatic nitrogens is 4. The molecule has 1 unspecified atom stereocenters.